The number of carbonyl (C=O) groups excluding carboxylic acids is 1. The number of aromatic nitrogens is 2. The van der Waals surface area contributed by atoms with Crippen molar-refractivity contribution >= 4 is 5.78 Å². The molecular weight excluding hydrogens is 216 g/mol. The van der Waals surface area contributed by atoms with Crippen LogP contribution in [0.2, 0.25) is 0 Å². The maximum atomic E-state index is 11.8. The Balaban J connectivity index is 2.07. The minimum absolute atomic E-state index is 0.0273. The van der Waals surface area contributed by atoms with Gasteiger partial charge in [0.15, 0.2) is 5.75 Å². The van der Waals surface area contributed by atoms with Gasteiger partial charge < -0.3 is 4.74 Å². The molecule has 0 aliphatic heterocycles. The average molecular weight is 236 g/mol. The summed E-state index contributed by atoms with van der Waals surface area (Å²) >= 11 is 0. The van der Waals surface area contributed by atoms with Gasteiger partial charge in [-0.3, -0.25) is 9.48 Å². The third kappa shape index (κ3) is 1.85. The van der Waals surface area contributed by atoms with Crippen molar-refractivity contribution in [2.24, 2.45) is 5.41 Å². The molecule has 4 heteroatoms. The summed E-state index contributed by atoms with van der Waals surface area (Å²) in [5.41, 5.74) is -0.256. The molecule has 1 aromatic heterocycles. The molecule has 1 aliphatic carbocycles. The lowest BCUT2D eigenvalue weighted by molar-refractivity contribution is -0.153. The zero-order valence-electron chi connectivity index (χ0n) is 10.8. The molecule has 2 rings (SSSR count). The summed E-state index contributed by atoms with van der Waals surface area (Å²) in [6, 6.07) is 0. The molecule has 0 aromatic carbocycles. The second-order valence-electron chi connectivity index (χ2n) is 4.63. The van der Waals surface area contributed by atoms with Crippen molar-refractivity contribution in [2.75, 3.05) is 0 Å². The van der Waals surface area contributed by atoms with Crippen LogP contribution in [0.1, 0.15) is 40.0 Å². The summed E-state index contributed by atoms with van der Waals surface area (Å²) in [4.78, 5) is 11.8. The van der Waals surface area contributed by atoms with Crippen molar-refractivity contribution in [3.05, 3.63) is 12.4 Å². The monoisotopic (exact) mass is 236 g/mol. The number of rotatable bonds is 5. The number of Topliss-reactive ketones (excluding diaryl/α,β-unsaturated/α-hetero) is 1. The van der Waals surface area contributed by atoms with Gasteiger partial charge in [0, 0.05) is 13.0 Å². The van der Waals surface area contributed by atoms with Crippen molar-refractivity contribution < 1.29 is 9.53 Å². The lowest BCUT2D eigenvalue weighted by Gasteiger charge is -2.46. The summed E-state index contributed by atoms with van der Waals surface area (Å²) in [5.74, 6) is 1.12. The number of ether oxygens (including phenoxy) is 1. The van der Waals surface area contributed by atoms with Gasteiger partial charge in [0.25, 0.3) is 0 Å². The first-order valence-electron chi connectivity index (χ1n) is 6.38. The van der Waals surface area contributed by atoms with E-state index in [9.17, 15) is 4.79 Å². The minimum atomic E-state index is -0.256. The topological polar surface area (TPSA) is 44.1 Å². The molecule has 0 N–H and O–H groups in total. The lowest BCUT2D eigenvalue weighted by Crippen LogP contribution is -2.56. The molecule has 0 spiro atoms. The fourth-order valence-corrected chi connectivity index (χ4v) is 2.61. The first kappa shape index (κ1) is 12.1. The number of aryl methyl sites for hydroxylation is 1. The van der Waals surface area contributed by atoms with E-state index in [1.165, 1.54) is 0 Å². The third-order valence-electron chi connectivity index (χ3n) is 4.02. The molecule has 1 unspecified atom stereocenters. The quantitative estimate of drug-likeness (QED) is 0.788. The van der Waals surface area contributed by atoms with E-state index in [4.69, 9.17) is 4.74 Å². The Morgan fingerprint density at radius 1 is 1.47 bits per heavy atom. The van der Waals surface area contributed by atoms with Crippen LogP contribution >= 0.6 is 0 Å². The Morgan fingerprint density at radius 3 is 2.65 bits per heavy atom. The van der Waals surface area contributed by atoms with Crippen molar-refractivity contribution in [1.29, 1.82) is 0 Å². The fraction of sp³-hybridized carbons (Fsp3) is 0.692. The van der Waals surface area contributed by atoms with Crippen LogP contribution in [0, 0.1) is 5.41 Å². The average Bonchev–Trinajstić information content (AvgIpc) is 2.78. The van der Waals surface area contributed by atoms with Crippen molar-refractivity contribution in [3.8, 4) is 5.75 Å². The highest BCUT2D eigenvalue weighted by molar-refractivity contribution is 5.92. The van der Waals surface area contributed by atoms with E-state index in [-0.39, 0.29) is 11.5 Å². The van der Waals surface area contributed by atoms with E-state index in [0.29, 0.717) is 12.2 Å². The lowest BCUT2D eigenvalue weighted by atomic mass is 9.61. The molecule has 1 fully saturated rings. The molecule has 1 atom stereocenters. The highest BCUT2D eigenvalue weighted by Crippen LogP contribution is 2.45. The predicted molar refractivity (Wildman–Crippen MR) is 65.0 cm³/mol. The third-order valence-corrected chi connectivity index (χ3v) is 4.02. The molecule has 0 saturated heterocycles. The van der Waals surface area contributed by atoms with E-state index in [2.05, 4.69) is 18.9 Å². The van der Waals surface area contributed by atoms with Crippen molar-refractivity contribution in [2.45, 2.75) is 52.7 Å². The smallest absolute Gasteiger partial charge is 0.157 e. The first-order chi connectivity index (χ1) is 8.16. The van der Waals surface area contributed by atoms with Crippen molar-refractivity contribution in [1.82, 2.24) is 9.78 Å². The van der Waals surface area contributed by atoms with E-state index in [1.807, 2.05) is 17.8 Å². The molecule has 0 amide bonds. The Bertz CT molecular complexity index is 407. The summed E-state index contributed by atoms with van der Waals surface area (Å²) in [7, 11) is 0. The zero-order chi connectivity index (χ0) is 12.5. The molecule has 0 radical (unpaired) electrons. The largest absolute Gasteiger partial charge is 0.486 e. The first-order valence-corrected chi connectivity index (χ1v) is 6.38. The summed E-state index contributed by atoms with van der Waals surface area (Å²) in [5, 5.41) is 4.17. The van der Waals surface area contributed by atoms with Gasteiger partial charge in [0.1, 0.15) is 11.9 Å². The van der Waals surface area contributed by atoms with Crippen LogP contribution in [0.5, 0.6) is 5.75 Å². The van der Waals surface area contributed by atoms with Gasteiger partial charge in [0.2, 0.25) is 0 Å². The number of hydrogen-bond acceptors (Lipinski definition) is 3. The van der Waals surface area contributed by atoms with E-state index in [0.717, 1.165) is 25.1 Å². The molecule has 4 nitrogen and oxygen atoms in total. The molecule has 1 aromatic rings. The second kappa shape index (κ2) is 4.51. The summed E-state index contributed by atoms with van der Waals surface area (Å²) < 4.78 is 7.73. The van der Waals surface area contributed by atoms with Crippen LogP contribution in [0.3, 0.4) is 0 Å². The molecule has 0 bridgehead atoms. The number of nitrogens with zero attached hydrogens (tertiary/aromatic N) is 2. The van der Waals surface area contributed by atoms with Crippen LogP contribution < -0.4 is 4.74 Å². The van der Waals surface area contributed by atoms with Crippen LogP contribution in [-0.2, 0) is 11.3 Å². The van der Waals surface area contributed by atoms with E-state index < -0.39 is 0 Å². The Morgan fingerprint density at radius 2 is 2.18 bits per heavy atom. The van der Waals surface area contributed by atoms with Gasteiger partial charge >= 0.3 is 0 Å². The SMILES string of the molecule is CCn1cc(OC2CC(=O)C2(CC)CC)cn1. The Kier molecular flexibility index (Phi) is 3.22. The van der Waals surface area contributed by atoms with Crippen molar-refractivity contribution in [3.63, 3.8) is 0 Å². The maximum absolute atomic E-state index is 11.8. The van der Waals surface area contributed by atoms with Crippen LogP contribution in [0.15, 0.2) is 12.4 Å². The molecule has 94 valence electrons. The normalized spacial score (nSPS) is 22.3. The fourth-order valence-electron chi connectivity index (χ4n) is 2.61. The standard InChI is InChI=1S/C13H20N2O2/c1-4-13(5-2)11(16)7-12(13)17-10-8-14-15(6-3)9-10/h8-9,12H,4-7H2,1-3H3. The predicted octanol–water partition coefficient (Wildman–Crippen LogP) is 2.43. The van der Waals surface area contributed by atoms with Gasteiger partial charge in [-0.05, 0) is 19.8 Å². The number of carbonyl (C=O) groups is 1. The number of hydrogen-bond donors (Lipinski definition) is 0. The molecule has 17 heavy (non-hydrogen) atoms. The van der Waals surface area contributed by atoms with Gasteiger partial charge in [-0.1, -0.05) is 13.8 Å². The van der Waals surface area contributed by atoms with Gasteiger partial charge in [-0.25, -0.2) is 0 Å². The van der Waals surface area contributed by atoms with E-state index in [1.54, 1.807) is 6.20 Å². The highest BCUT2D eigenvalue weighted by atomic mass is 16.5. The molecule has 1 aliphatic rings. The van der Waals surface area contributed by atoms with E-state index >= 15 is 0 Å². The highest BCUT2D eigenvalue weighted by Gasteiger charge is 2.53. The van der Waals surface area contributed by atoms with Crippen LogP contribution in [0.4, 0.5) is 0 Å². The Labute approximate surface area is 102 Å². The van der Waals surface area contributed by atoms with Crippen LogP contribution in [0.25, 0.3) is 0 Å². The molecule has 1 heterocycles. The van der Waals surface area contributed by atoms with Crippen LogP contribution in [-0.4, -0.2) is 21.7 Å². The zero-order valence-corrected chi connectivity index (χ0v) is 10.8. The summed E-state index contributed by atoms with van der Waals surface area (Å²) in [6.45, 7) is 6.99. The van der Waals surface area contributed by atoms with Gasteiger partial charge in [-0.15, -0.1) is 0 Å². The minimum Gasteiger partial charge on any atom is -0.486 e. The second-order valence-corrected chi connectivity index (χ2v) is 4.63. The molecule has 1 saturated carbocycles. The van der Waals surface area contributed by atoms with Gasteiger partial charge in [-0.2, -0.15) is 5.10 Å². The summed E-state index contributed by atoms with van der Waals surface area (Å²) in [6.07, 6.45) is 5.89. The Hall–Kier alpha value is -1.32. The van der Waals surface area contributed by atoms with Gasteiger partial charge in [0.05, 0.1) is 17.8 Å². The molecular formula is C13H20N2O2. The number of ketones is 1. The maximum Gasteiger partial charge on any atom is 0.157 e.